The van der Waals surface area contributed by atoms with Crippen molar-refractivity contribution >= 4 is 21.6 Å². The van der Waals surface area contributed by atoms with Gasteiger partial charge in [0, 0.05) is 24.3 Å². The zero-order valence-electron chi connectivity index (χ0n) is 15.3. The second kappa shape index (κ2) is 7.97. The predicted octanol–water partition coefficient (Wildman–Crippen LogP) is 3.73. The van der Waals surface area contributed by atoms with E-state index in [2.05, 4.69) is 5.32 Å². The van der Waals surface area contributed by atoms with Gasteiger partial charge in [-0.25, -0.2) is 12.8 Å². The van der Waals surface area contributed by atoms with Crippen molar-refractivity contribution in [3.8, 4) is 0 Å². The van der Waals surface area contributed by atoms with Crippen LogP contribution in [0.5, 0.6) is 0 Å². The van der Waals surface area contributed by atoms with Gasteiger partial charge in [-0.2, -0.15) is 4.31 Å². The second-order valence-corrected chi connectivity index (χ2v) is 7.89. The Morgan fingerprint density at radius 3 is 2.23 bits per heavy atom. The molecule has 26 heavy (non-hydrogen) atoms. The smallest absolute Gasteiger partial charge is 0.255 e. The van der Waals surface area contributed by atoms with E-state index in [4.69, 9.17) is 0 Å². The summed E-state index contributed by atoms with van der Waals surface area (Å²) in [4.78, 5) is 12.5. The molecule has 140 valence electrons. The van der Waals surface area contributed by atoms with Gasteiger partial charge in [0.1, 0.15) is 5.82 Å². The summed E-state index contributed by atoms with van der Waals surface area (Å²) in [7, 11) is -3.65. The number of amides is 1. The second-order valence-electron chi connectivity index (χ2n) is 5.99. The van der Waals surface area contributed by atoms with Crippen molar-refractivity contribution in [1.29, 1.82) is 0 Å². The zero-order valence-corrected chi connectivity index (χ0v) is 16.2. The monoisotopic (exact) mass is 378 g/mol. The highest BCUT2D eigenvalue weighted by molar-refractivity contribution is 7.89. The van der Waals surface area contributed by atoms with Crippen LogP contribution in [0.1, 0.15) is 35.3 Å². The van der Waals surface area contributed by atoms with Gasteiger partial charge < -0.3 is 5.32 Å². The van der Waals surface area contributed by atoms with Crippen molar-refractivity contribution < 1.29 is 17.6 Å². The number of aryl methyl sites for hydroxylation is 2. The summed E-state index contributed by atoms with van der Waals surface area (Å²) >= 11 is 0. The number of sulfonamides is 1. The molecule has 2 rings (SSSR count). The summed E-state index contributed by atoms with van der Waals surface area (Å²) in [6.45, 7) is 7.58. The van der Waals surface area contributed by atoms with Crippen molar-refractivity contribution in [3.63, 3.8) is 0 Å². The van der Waals surface area contributed by atoms with Crippen LogP contribution in [-0.4, -0.2) is 31.7 Å². The third-order valence-electron chi connectivity index (χ3n) is 4.20. The molecule has 0 aliphatic heterocycles. The Balaban J connectivity index is 2.35. The fourth-order valence-electron chi connectivity index (χ4n) is 2.60. The van der Waals surface area contributed by atoms with Crippen LogP contribution in [0.25, 0.3) is 0 Å². The molecule has 0 radical (unpaired) electrons. The number of carbonyl (C=O) groups is 1. The number of halogens is 1. The molecule has 2 aromatic rings. The van der Waals surface area contributed by atoms with Crippen molar-refractivity contribution in [2.45, 2.75) is 32.6 Å². The normalized spacial score (nSPS) is 11.6. The Bertz CT molecular complexity index is 922. The van der Waals surface area contributed by atoms with Crippen LogP contribution < -0.4 is 5.32 Å². The summed E-state index contributed by atoms with van der Waals surface area (Å²) in [5, 5.41) is 2.63. The number of carbonyl (C=O) groups excluding carboxylic acids is 1. The molecule has 2 aromatic carbocycles. The number of hydrogen-bond acceptors (Lipinski definition) is 3. The largest absolute Gasteiger partial charge is 0.322 e. The quantitative estimate of drug-likeness (QED) is 0.833. The Morgan fingerprint density at radius 2 is 1.65 bits per heavy atom. The number of rotatable bonds is 6. The molecule has 0 aromatic heterocycles. The fourth-order valence-corrected chi connectivity index (χ4v) is 4.30. The van der Waals surface area contributed by atoms with Crippen molar-refractivity contribution in [2.24, 2.45) is 0 Å². The molecular weight excluding hydrogens is 355 g/mol. The molecule has 5 nitrogen and oxygen atoms in total. The Kier molecular flexibility index (Phi) is 6.15. The van der Waals surface area contributed by atoms with Crippen LogP contribution in [0, 0.1) is 19.7 Å². The Hall–Kier alpha value is -2.25. The van der Waals surface area contributed by atoms with Gasteiger partial charge >= 0.3 is 0 Å². The van der Waals surface area contributed by atoms with E-state index in [9.17, 15) is 17.6 Å². The lowest BCUT2D eigenvalue weighted by Crippen LogP contribution is -2.31. The topological polar surface area (TPSA) is 66.5 Å². The van der Waals surface area contributed by atoms with E-state index < -0.39 is 21.7 Å². The molecule has 1 N–H and O–H groups in total. The maximum absolute atomic E-state index is 13.7. The summed E-state index contributed by atoms with van der Waals surface area (Å²) < 4.78 is 40.5. The van der Waals surface area contributed by atoms with Crippen LogP contribution >= 0.6 is 0 Å². The third-order valence-corrected chi connectivity index (χ3v) is 6.40. The minimum atomic E-state index is -3.65. The Morgan fingerprint density at radius 1 is 1.04 bits per heavy atom. The van der Waals surface area contributed by atoms with E-state index in [-0.39, 0.29) is 10.5 Å². The predicted molar refractivity (Wildman–Crippen MR) is 100 cm³/mol. The maximum Gasteiger partial charge on any atom is 0.255 e. The molecule has 0 unspecified atom stereocenters. The SMILES string of the molecule is CCN(CC)S(=O)(=O)c1cc(NC(=O)c2ccc(C)c(F)c2)ccc1C. The molecule has 0 aliphatic carbocycles. The molecule has 7 heteroatoms. The minimum absolute atomic E-state index is 0.147. The number of nitrogens with zero attached hydrogens (tertiary/aromatic N) is 1. The molecule has 1 amide bonds. The maximum atomic E-state index is 13.7. The first-order chi connectivity index (χ1) is 12.2. The van der Waals surface area contributed by atoms with Gasteiger partial charge in [-0.15, -0.1) is 0 Å². The zero-order chi connectivity index (χ0) is 19.5. The number of benzene rings is 2. The van der Waals surface area contributed by atoms with Crippen LogP contribution in [-0.2, 0) is 10.0 Å². The molecule has 0 spiro atoms. The Labute approximate surface area is 153 Å². The highest BCUT2D eigenvalue weighted by Crippen LogP contribution is 2.24. The first-order valence-corrected chi connectivity index (χ1v) is 9.83. The minimum Gasteiger partial charge on any atom is -0.322 e. The van der Waals surface area contributed by atoms with E-state index >= 15 is 0 Å². The average molecular weight is 378 g/mol. The average Bonchev–Trinajstić information content (AvgIpc) is 2.59. The van der Waals surface area contributed by atoms with Gasteiger partial charge in [0.15, 0.2) is 0 Å². The highest BCUT2D eigenvalue weighted by Gasteiger charge is 2.24. The lowest BCUT2D eigenvalue weighted by Gasteiger charge is -2.20. The molecule has 0 saturated heterocycles. The van der Waals surface area contributed by atoms with Crippen LogP contribution in [0.4, 0.5) is 10.1 Å². The molecule has 0 fully saturated rings. The summed E-state index contributed by atoms with van der Waals surface area (Å²) in [5.74, 6) is -0.967. The highest BCUT2D eigenvalue weighted by atomic mass is 32.2. The summed E-state index contributed by atoms with van der Waals surface area (Å²) in [5.41, 5.74) is 1.55. The lowest BCUT2D eigenvalue weighted by atomic mass is 10.1. The van der Waals surface area contributed by atoms with Gasteiger partial charge in [0.2, 0.25) is 10.0 Å². The van der Waals surface area contributed by atoms with Gasteiger partial charge in [-0.3, -0.25) is 4.79 Å². The number of hydrogen-bond donors (Lipinski definition) is 1. The van der Waals surface area contributed by atoms with Crippen LogP contribution in [0.3, 0.4) is 0 Å². The lowest BCUT2D eigenvalue weighted by molar-refractivity contribution is 0.102. The van der Waals surface area contributed by atoms with Crippen molar-refractivity contribution in [1.82, 2.24) is 4.31 Å². The number of anilines is 1. The molecule has 0 saturated carbocycles. The van der Waals surface area contributed by atoms with Crippen molar-refractivity contribution in [2.75, 3.05) is 18.4 Å². The van der Waals surface area contributed by atoms with E-state index in [0.717, 1.165) is 6.07 Å². The fraction of sp³-hybridized carbons (Fsp3) is 0.316. The van der Waals surface area contributed by atoms with Crippen LogP contribution in [0.2, 0.25) is 0 Å². The van der Waals surface area contributed by atoms with E-state index in [1.807, 2.05) is 0 Å². The van der Waals surface area contributed by atoms with E-state index in [0.29, 0.717) is 29.9 Å². The van der Waals surface area contributed by atoms with Gasteiger partial charge in [0.05, 0.1) is 4.90 Å². The standard InChI is InChI=1S/C19H23FN2O3S/c1-5-22(6-2)26(24,25)18-12-16(10-8-14(18)4)21-19(23)15-9-7-13(3)17(20)11-15/h7-12H,5-6H2,1-4H3,(H,21,23). The molecule has 0 bridgehead atoms. The van der Waals surface area contributed by atoms with Gasteiger partial charge in [-0.05, 0) is 49.2 Å². The third kappa shape index (κ3) is 4.11. The van der Waals surface area contributed by atoms with Gasteiger partial charge in [-0.1, -0.05) is 26.0 Å². The van der Waals surface area contributed by atoms with Crippen molar-refractivity contribution in [3.05, 3.63) is 58.9 Å². The summed E-state index contributed by atoms with van der Waals surface area (Å²) in [6, 6.07) is 8.91. The molecular formula is C19H23FN2O3S. The first kappa shape index (κ1) is 20.1. The van der Waals surface area contributed by atoms with Gasteiger partial charge in [0.25, 0.3) is 5.91 Å². The van der Waals surface area contributed by atoms with Crippen LogP contribution in [0.15, 0.2) is 41.3 Å². The number of nitrogens with one attached hydrogen (secondary N) is 1. The molecule has 0 atom stereocenters. The first-order valence-electron chi connectivity index (χ1n) is 8.39. The molecule has 0 aliphatic rings. The molecule has 0 heterocycles. The van der Waals surface area contributed by atoms with E-state index in [1.54, 1.807) is 39.8 Å². The summed E-state index contributed by atoms with van der Waals surface area (Å²) in [6.07, 6.45) is 0. The van der Waals surface area contributed by atoms with E-state index in [1.165, 1.54) is 22.5 Å².